The molecule has 0 radical (unpaired) electrons. The van der Waals surface area contributed by atoms with Gasteiger partial charge in [0.05, 0.1) is 0 Å². The van der Waals surface area contributed by atoms with Gasteiger partial charge in [0.2, 0.25) is 5.91 Å². The van der Waals surface area contributed by atoms with E-state index in [9.17, 15) is 9.59 Å². The second kappa shape index (κ2) is 8.07. The zero-order valence-corrected chi connectivity index (χ0v) is 16.3. The van der Waals surface area contributed by atoms with Crippen LogP contribution in [-0.2, 0) is 22.7 Å². The number of rotatable bonds is 6. The van der Waals surface area contributed by atoms with Crippen LogP contribution in [0.15, 0.2) is 35.1 Å². The standard InChI is InChI=1S/C19H21N5O3S/c1-27-11-14-21-17(26)15-18(22-14)28-19(23-15)24-9-5-8-13(24)16(25)20-10-12-6-3-2-4-7-12/h2-4,6-7,13H,5,8-11H2,1H3,(H,20,25)(H,21,22,26). The Kier molecular flexibility index (Phi) is 5.36. The smallest absolute Gasteiger partial charge is 0.278 e. The molecule has 0 spiro atoms. The number of hydrogen-bond acceptors (Lipinski definition) is 7. The molecule has 1 fully saturated rings. The quantitative estimate of drug-likeness (QED) is 0.656. The third-order valence-electron chi connectivity index (χ3n) is 4.70. The van der Waals surface area contributed by atoms with Crippen LogP contribution < -0.4 is 15.8 Å². The van der Waals surface area contributed by atoms with Gasteiger partial charge in [0, 0.05) is 20.2 Å². The Hall–Kier alpha value is -2.78. The predicted molar refractivity (Wildman–Crippen MR) is 107 cm³/mol. The monoisotopic (exact) mass is 399 g/mol. The molecule has 0 aliphatic carbocycles. The number of thiazole rings is 1. The van der Waals surface area contributed by atoms with Crippen LogP contribution in [0.2, 0.25) is 0 Å². The average molecular weight is 399 g/mol. The lowest BCUT2D eigenvalue weighted by molar-refractivity contribution is -0.122. The number of fused-ring (bicyclic) bond motifs is 1. The van der Waals surface area contributed by atoms with E-state index in [0.717, 1.165) is 24.9 Å². The van der Waals surface area contributed by atoms with Gasteiger partial charge in [0.15, 0.2) is 15.5 Å². The molecular weight excluding hydrogens is 378 g/mol. The maximum atomic E-state index is 12.7. The topological polar surface area (TPSA) is 100 Å². The summed E-state index contributed by atoms with van der Waals surface area (Å²) in [4.78, 5) is 39.1. The van der Waals surface area contributed by atoms with Crippen molar-refractivity contribution in [3.63, 3.8) is 0 Å². The van der Waals surface area contributed by atoms with Crippen molar-refractivity contribution in [3.05, 3.63) is 52.1 Å². The van der Waals surface area contributed by atoms with Gasteiger partial charge < -0.3 is 19.9 Å². The minimum absolute atomic E-state index is 0.0254. The van der Waals surface area contributed by atoms with E-state index in [1.807, 2.05) is 35.2 Å². The lowest BCUT2D eigenvalue weighted by atomic mass is 10.2. The zero-order valence-electron chi connectivity index (χ0n) is 15.5. The Morgan fingerprint density at radius 3 is 2.96 bits per heavy atom. The van der Waals surface area contributed by atoms with E-state index in [1.54, 1.807) is 7.11 Å². The summed E-state index contributed by atoms with van der Waals surface area (Å²) in [7, 11) is 1.55. The molecule has 8 nitrogen and oxygen atoms in total. The van der Waals surface area contributed by atoms with Crippen LogP contribution in [0.5, 0.6) is 0 Å². The van der Waals surface area contributed by atoms with Crippen molar-refractivity contribution in [2.75, 3.05) is 18.6 Å². The minimum atomic E-state index is -0.290. The highest BCUT2D eigenvalue weighted by atomic mass is 32.1. The van der Waals surface area contributed by atoms with Crippen molar-refractivity contribution in [1.82, 2.24) is 20.3 Å². The molecule has 1 unspecified atom stereocenters. The maximum absolute atomic E-state index is 12.7. The highest BCUT2D eigenvalue weighted by molar-refractivity contribution is 7.21. The van der Waals surface area contributed by atoms with Gasteiger partial charge in [-0.15, -0.1) is 0 Å². The molecule has 146 valence electrons. The molecule has 3 aromatic rings. The largest absolute Gasteiger partial charge is 0.377 e. The molecule has 0 bridgehead atoms. The molecule has 2 aromatic heterocycles. The summed E-state index contributed by atoms with van der Waals surface area (Å²) in [5.74, 6) is 0.441. The molecule has 4 rings (SSSR count). The lowest BCUT2D eigenvalue weighted by Crippen LogP contribution is -2.43. The van der Waals surface area contributed by atoms with Crippen molar-refractivity contribution < 1.29 is 9.53 Å². The summed E-state index contributed by atoms with van der Waals surface area (Å²) in [6.07, 6.45) is 1.66. The molecule has 1 aromatic carbocycles. The third-order valence-corrected chi connectivity index (χ3v) is 5.69. The van der Waals surface area contributed by atoms with Crippen LogP contribution in [0.1, 0.15) is 24.2 Å². The number of H-pyrrole nitrogens is 1. The zero-order chi connectivity index (χ0) is 19.5. The Balaban J connectivity index is 1.53. The van der Waals surface area contributed by atoms with Crippen LogP contribution in [0.3, 0.4) is 0 Å². The number of anilines is 1. The Morgan fingerprint density at radius 2 is 2.18 bits per heavy atom. The Labute approximate surface area is 165 Å². The van der Waals surface area contributed by atoms with E-state index in [1.165, 1.54) is 11.3 Å². The van der Waals surface area contributed by atoms with E-state index < -0.39 is 0 Å². The summed E-state index contributed by atoms with van der Waals surface area (Å²) >= 11 is 1.33. The first-order chi connectivity index (χ1) is 13.7. The molecular formula is C19H21N5O3S. The summed E-state index contributed by atoms with van der Waals surface area (Å²) in [5.41, 5.74) is 1.07. The highest BCUT2D eigenvalue weighted by Crippen LogP contribution is 2.31. The number of carbonyl (C=O) groups excluding carboxylic acids is 1. The van der Waals surface area contributed by atoms with Gasteiger partial charge in [-0.25, -0.2) is 9.97 Å². The molecule has 2 N–H and O–H groups in total. The van der Waals surface area contributed by atoms with Crippen molar-refractivity contribution >= 4 is 32.7 Å². The molecule has 1 atom stereocenters. The lowest BCUT2D eigenvalue weighted by Gasteiger charge is -2.23. The number of hydrogen-bond donors (Lipinski definition) is 2. The van der Waals surface area contributed by atoms with Gasteiger partial charge in [-0.3, -0.25) is 9.59 Å². The van der Waals surface area contributed by atoms with Crippen LogP contribution in [0.4, 0.5) is 5.13 Å². The molecule has 3 heterocycles. The summed E-state index contributed by atoms with van der Waals surface area (Å²) in [6, 6.07) is 9.53. The molecule has 1 saturated heterocycles. The third kappa shape index (κ3) is 3.76. The van der Waals surface area contributed by atoms with Crippen molar-refractivity contribution in [2.45, 2.75) is 32.0 Å². The number of methoxy groups -OCH3 is 1. The molecule has 1 aliphatic heterocycles. The van der Waals surface area contributed by atoms with Crippen LogP contribution in [0.25, 0.3) is 10.3 Å². The van der Waals surface area contributed by atoms with Gasteiger partial charge in [-0.1, -0.05) is 41.7 Å². The first-order valence-electron chi connectivity index (χ1n) is 9.12. The van der Waals surface area contributed by atoms with Gasteiger partial charge in [-0.2, -0.15) is 0 Å². The number of carbonyl (C=O) groups is 1. The predicted octanol–water partition coefficient (Wildman–Crippen LogP) is 1.81. The molecule has 9 heteroatoms. The molecule has 28 heavy (non-hydrogen) atoms. The van der Waals surface area contributed by atoms with E-state index >= 15 is 0 Å². The first kappa shape index (κ1) is 18.6. The number of aromatic nitrogens is 3. The van der Waals surface area contributed by atoms with E-state index in [-0.39, 0.29) is 24.1 Å². The number of nitrogens with one attached hydrogen (secondary N) is 2. The number of nitrogens with zero attached hydrogens (tertiary/aromatic N) is 3. The van der Waals surface area contributed by atoms with Crippen LogP contribution in [-0.4, -0.2) is 40.6 Å². The molecule has 0 saturated carbocycles. The number of aromatic amines is 1. The fourth-order valence-electron chi connectivity index (χ4n) is 3.36. The number of ether oxygens (including phenoxy) is 1. The molecule has 1 aliphatic rings. The van der Waals surface area contributed by atoms with Gasteiger partial charge >= 0.3 is 0 Å². The number of benzene rings is 1. The van der Waals surface area contributed by atoms with Gasteiger partial charge in [0.1, 0.15) is 18.5 Å². The maximum Gasteiger partial charge on any atom is 0.278 e. The van der Waals surface area contributed by atoms with Gasteiger partial charge in [-0.05, 0) is 18.4 Å². The van der Waals surface area contributed by atoms with Gasteiger partial charge in [0.25, 0.3) is 5.56 Å². The average Bonchev–Trinajstić information content (AvgIpc) is 3.34. The molecule has 1 amide bonds. The summed E-state index contributed by atoms with van der Waals surface area (Å²) in [6.45, 7) is 1.45. The summed E-state index contributed by atoms with van der Waals surface area (Å²) < 4.78 is 5.04. The minimum Gasteiger partial charge on any atom is -0.377 e. The normalized spacial score (nSPS) is 16.6. The van der Waals surface area contributed by atoms with Crippen molar-refractivity contribution in [1.29, 1.82) is 0 Å². The van der Waals surface area contributed by atoms with Crippen LogP contribution >= 0.6 is 11.3 Å². The second-order valence-corrected chi connectivity index (χ2v) is 7.61. The second-order valence-electron chi connectivity index (χ2n) is 6.65. The van der Waals surface area contributed by atoms with E-state index in [0.29, 0.717) is 27.8 Å². The van der Waals surface area contributed by atoms with Crippen molar-refractivity contribution in [3.8, 4) is 0 Å². The fourth-order valence-corrected chi connectivity index (χ4v) is 4.40. The van der Waals surface area contributed by atoms with E-state index in [4.69, 9.17) is 4.74 Å². The fraction of sp³-hybridized carbons (Fsp3) is 0.368. The van der Waals surface area contributed by atoms with E-state index in [2.05, 4.69) is 20.3 Å². The Bertz CT molecular complexity index is 1030. The van der Waals surface area contributed by atoms with Crippen LogP contribution in [0, 0.1) is 0 Å². The number of amides is 1. The highest BCUT2D eigenvalue weighted by Gasteiger charge is 2.33. The first-order valence-corrected chi connectivity index (χ1v) is 9.94. The SMILES string of the molecule is COCc1nc2sc(N3CCCC3C(=O)NCc3ccccc3)nc2c(=O)[nH]1. The summed E-state index contributed by atoms with van der Waals surface area (Å²) in [5, 5.41) is 3.66. The Morgan fingerprint density at radius 1 is 1.36 bits per heavy atom. The van der Waals surface area contributed by atoms with Crippen molar-refractivity contribution in [2.24, 2.45) is 0 Å².